The summed E-state index contributed by atoms with van der Waals surface area (Å²) in [4.78, 5) is 25.6. The van der Waals surface area contributed by atoms with E-state index in [4.69, 9.17) is 30.3 Å². The number of methoxy groups -OCH3 is 2. The number of nitrogens with one attached hydrogen (secondary N) is 1. The van der Waals surface area contributed by atoms with E-state index in [1.807, 2.05) is 0 Å². The third-order valence-electron chi connectivity index (χ3n) is 4.64. The van der Waals surface area contributed by atoms with Gasteiger partial charge in [0.25, 0.3) is 5.91 Å². The lowest BCUT2D eigenvalue weighted by molar-refractivity contribution is 0.0471. The van der Waals surface area contributed by atoms with Gasteiger partial charge in [0.2, 0.25) is 0 Å². The number of hydrogen-bond acceptors (Lipinski definition) is 7. The number of aryl methyl sites for hydroxylation is 2. The van der Waals surface area contributed by atoms with E-state index < -0.39 is 11.9 Å². The highest BCUT2D eigenvalue weighted by molar-refractivity contribution is 6.34. The number of benzene rings is 2. The molecule has 1 N–H and O–H groups in total. The summed E-state index contributed by atoms with van der Waals surface area (Å²) in [5.74, 6) is 0.0413. The molecule has 162 valence electrons. The smallest absolute Gasteiger partial charge is 0.340 e. The molecule has 9 heteroatoms. The molecule has 31 heavy (non-hydrogen) atoms. The van der Waals surface area contributed by atoms with Gasteiger partial charge in [-0.15, -0.1) is 0 Å². The quantitative estimate of drug-likeness (QED) is 0.532. The molecular weight excluding hydrogens is 424 g/mol. The van der Waals surface area contributed by atoms with Crippen LogP contribution in [0.25, 0.3) is 0 Å². The summed E-state index contributed by atoms with van der Waals surface area (Å²) in [7, 11) is 2.89. The fraction of sp³-hybridized carbons (Fsp3) is 0.227. The van der Waals surface area contributed by atoms with Crippen LogP contribution in [0.3, 0.4) is 0 Å². The molecule has 8 nitrogen and oxygen atoms in total. The first kappa shape index (κ1) is 22.2. The standard InChI is InChI=1S/C22H21ClN2O6/c1-12-16(13(2)31-25-12)11-30-22(27)15-9-19(28-3)20(29-4)10-18(15)24-21(26)14-7-5-6-8-17(14)23/h5-10H,11H2,1-4H3,(H,24,26). The highest BCUT2D eigenvalue weighted by atomic mass is 35.5. The van der Waals surface area contributed by atoms with Crippen molar-refractivity contribution in [3.63, 3.8) is 0 Å². The van der Waals surface area contributed by atoms with Crippen LogP contribution in [0.1, 0.15) is 37.7 Å². The number of halogens is 1. The van der Waals surface area contributed by atoms with Crippen LogP contribution in [0, 0.1) is 13.8 Å². The molecule has 3 rings (SSSR count). The summed E-state index contributed by atoms with van der Waals surface area (Å²) in [6, 6.07) is 9.51. The van der Waals surface area contributed by atoms with E-state index in [-0.39, 0.29) is 28.4 Å². The van der Waals surface area contributed by atoms with E-state index in [9.17, 15) is 9.59 Å². The van der Waals surface area contributed by atoms with Crippen molar-refractivity contribution in [2.75, 3.05) is 19.5 Å². The van der Waals surface area contributed by atoms with E-state index in [0.29, 0.717) is 28.5 Å². The Bertz CT molecular complexity index is 1110. The van der Waals surface area contributed by atoms with Gasteiger partial charge in [0.15, 0.2) is 11.5 Å². The minimum Gasteiger partial charge on any atom is -0.493 e. The average molecular weight is 445 g/mol. The van der Waals surface area contributed by atoms with E-state index in [1.54, 1.807) is 38.1 Å². The number of carbonyl (C=O) groups is 2. The van der Waals surface area contributed by atoms with Crippen molar-refractivity contribution in [2.45, 2.75) is 20.5 Å². The van der Waals surface area contributed by atoms with E-state index in [1.165, 1.54) is 26.4 Å². The molecule has 0 unspecified atom stereocenters. The van der Waals surface area contributed by atoms with Crippen LogP contribution in [0.5, 0.6) is 11.5 Å². The monoisotopic (exact) mass is 444 g/mol. The largest absolute Gasteiger partial charge is 0.493 e. The molecule has 1 amide bonds. The van der Waals surface area contributed by atoms with Crippen LogP contribution in [0.4, 0.5) is 5.69 Å². The summed E-state index contributed by atoms with van der Waals surface area (Å²) in [5.41, 5.74) is 1.84. The number of nitrogens with zero attached hydrogens (tertiary/aromatic N) is 1. The third kappa shape index (κ3) is 4.80. The normalized spacial score (nSPS) is 10.5. The van der Waals surface area contributed by atoms with Crippen molar-refractivity contribution < 1.29 is 28.3 Å². The zero-order valence-corrected chi connectivity index (χ0v) is 18.2. The molecule has 0 spiro atoms. The van der Waals surface area contributed by atoms with Gasteiger partial charge in [-0.25, -0.2) is 4.79 Å². The Morgan fingerprint density at radius 2 is 1.74 bits per heavy atom. The predicted octanol–water partition coefficient (Wildman–Crippen LogP) is 4.57. The first-order valence-electron chi connectivity index (χ1n) is 9.26. The van der Waals surface area contributed by atoms with Crippen molar-refractivity contribution in [2.24, 2.45) is 0 Å². The number of anilines is 1. The highest BCUT2D eigenvalue weighted by Gasteiger charge is 2.22. The Balaban J connectivity index is 1.93. The van der Waals surface area contributed by atoms with Gasteiger partial charge in [0, 0.05) is 12.1 Å². The maximum atomic E-state index is 12.9. The highest BCUT2D eigenvalue weighted by Crippen LogP contribution is 2.34. The fourth-order valence-corrected chi connectivity index (χ4v) is 3.13. The molecule has 0 saturated carbocycles. The second kappa shape index (κ2) is 9.53. The molecule has 0 aliphatic carbocycles. The van der Waals surface area contributed by atoms with Gasteiger partial charge in [0.1, 0.15) is 12.4 Å². The Kier molecular flexibility index (Phi) is 6.81. The number of carbonyl (C=O) groups excluding carboxylic acids is 2. The van der Waals surface area contributed by atoms with Crippen LogP contribution < -0.4 is 14.8 Å². The van der Waals surface area contributed by atoms with E-state index in [2.05, 4.69) is 10.5 Å². The van der Waals surface area contributed by atoms with Gasteiger partial charge >= 0.3 is 5.97 Å². The summed E-state index contributed by atoms with van der Waals surface area (Å²) in [6.07, 6.45) is 0. The molecule has 0 aliphatic rings. The second-order valence-electron chi connectivity index (χ2n) is 6.57. The third-order valence-corrected chi connectivity index (χ3v) is 4.97. The number of aromatic nitrogens is 1. The van der Waals surface area contributed by atoms with Crippen LogP contribution in [-0.4, -0.2) is 31.3 Å². The Hall–Kier alpha value is -3.52. The van der Waals surface area contributed by atoms with Crippen molar-refractivity contribution in [1.82, 2.24) is 5.16 Å². The maximum Gasteiger partial charge on any atom is 0.340 e. The van der Waals surface area contributed by atoms with Gasteiger partial charge in [-0.1, -0.05) is 28.9 Å². The second-order valence-corrected chi connectivity index (χ2v) is 6.97. The number of hydrogen-bond donors (Lipinski definition) is 1. The van der Waals surface area contributed by atoms with Gasteiger partial charge in [-0.2, -0.15) is 0 Å². The lowest BCUT2D eigenvalue weighted by atomic mass is 10.1. The topological polar surface area (TPSA) is 99.9 Å². The summed E-state index contributed by atoms with van der Waals surface area (Å²) >= 11 is 6.12. The van der Waals surface area contributed by atoms with Crippen molar-refractivity contribution >= 4 is 29.2 Å². The lowest BCUT2D eigenvalue weighted by Crippen LogP contribution is -2.17. The van der Waals surface area contributed by atoms with Crippen LogP contribution in [0.15, 0.2) is 40.9 Å². The molecule has 0 radical (unpaired) electrons. The summed E-state index contributed by atoms with van der Waals surface area (Å²) < 4.78 is 21.1. The van der Waals surface area contributed by atoms with Gasteiger partial charge < -0.3 is 24.1 Å². The van der Waals surface area contributed by atoms with Gasteiger partial charge in [-0.3, -0.25) is 4.79 Å². The Morgan fingerprint density at radius 3 is 2.35 bits per heavy atom. The molecule has 3 aromatic rings. The number of amides is 1. The number of rotatable bonds is 7. The zero-order chi connectivity index (χ0) is 22.5. The predicted molar refractivity (Wildman–Crippen MR) is 114 cm³/mol. The van der Waals surface area contributed by atoms with Crippen LogP contribution >= 0.6 is 11.6 Å². The van der Waals surface area contributed by atoms with Gasteiger partial charge in [-0.05, 0) is 26.0 Å². The molecule has 0 saturated heterocycles. The Labute approximate surface area is 184 Å². The fourth-order valence-electron chi connectivity index (χ4n) is 2.91. The van der Waals surface area contributed by atoms with E-state index in [0.717, 1.165) is 0 Å². The summed E-state index contributed by atoms with van der Waals surface area (Å²) in [5, 5.41) is 6.82. The molecule has 0 fully saturated rings. The minimum absolute atomic E-state index is 0.0355. The minimum atomic E-state index is -0.671. The van der Waals surface area contributed by atoms with Crippen LogP contribution in [-0.2, 0) is 11.3 Å². The molecular formula is C22H21ClN2O6. The molecule has 1 heterocycles. The van der Waals surface area contributed by atoms with Crippen molar-refractivity contribution in [3.8, 4) is 11.5 Å². The van der Waals surface area contributed by atoms with Crippen molar-refractivity contribution in [1.29, 1.82) is 0 Å². The van der Waals surface area contributed by atoms with Gasteiger partial charge in [0.05, 0.1) is 47.3 Å². The van der Waals surface area contributed by atoms with E-state index >= 15 is 0 Å². The van der Waals surface area contributed by atoms with Crippen LogP contribution in [0.2, 0.25) is 5.02 Å². The Morgan fingerprint density at radius 1 is 1.06 bits per heavy atom. The maximum absolute atomic E-state index is 12.9. The average Bonchev–Trinajstić information content (AvgIpc) is 3.09. The first-order chi connectivity index (χ1) is 14.8. The van der Waals surface area contributed by atoms with Crippen molar-refractivity contribution in [3.05, 3.63) is 69.6 Å². The molecule has 0 aliphatic heterocycles. The molecule has 0 bridgehead atoms. The molecule has 0 atom stereocenters. The lowest BCUT2D eigenvalue weighted by Gasteiger charge is -2.15. The molecule has 1 aromatic heterocycles. The summed E-state index contributed by atoms with van der Waals surface area (Å²) in [6.45, 7) is 3.45. The first-order valence-corrected chi connectivity index (χ1v) is 9.64. The number of ether oxygens (including phenoxy) is 3. The molecule has 2 aromatic carbocycles. The number of esters is 1. The SMILES string of the molecule is COc1cc(NC(=O)c2ccccc2Cl)c(C(=O)OCc2c(C)noc2C)cc1OC. The zero-order valence-electron chi connectivity index (χ0n) is 17.4.